The first-order valence-corrected chi connectivity index (χ1v) is 8.34. The molecule has 1 amide bonds. The van der Waals surface area contributed by atoms with Crippen molar-refractivity contribution < 1.29 is 4.79 Å². The highest BCUT2D eigenvalue weighted by molar-refractivity contribution is 7.13. The van der Waals surface area contributed by atoms with Crippen LogP contribution in [0.1, 0.15) is 16.8 Å². The molecule has 2 aromatic heterocycles. The van der Waals surface area contributed by atoms with Crippen molar-refractivity contribution in [2.75, 3.05) is 10.6 Å². The van der Waals surface area contributed by atoms with E-state index in [1.54, 1.807) is 18.5 Å². The summed E-state index contributed by atoms with van der Waals surface area (Å²) in [6.07, 6.45) is 3.53. The van der Waals surface area contributed by atoms with Crippen LogP contribution < -0.4 is 10.6 Å². The molecule has 2 heterocycles. The van der Waals surface area contributed by atoms with Crippen LogP contribution in [0.5, 0.6) is 0 Å². The minimum atomic E-state index is -0.0831. The number of carbonyl (C=O) groups is 1. The Morgan fingerprint density at radius 1 is 1.12 bits per heavy atom. The number of carbonyl (C=O) groups excluding carboxylic acids is 1. The molecule has 0 saturated heterocycles. The lowest BCUT2D eigenvalue weighted by molar-refractivity contribution is -0.115. The van der Waals surface area contributed by atoms with Gasteiger partial charge in [-0.3, -0.25) is 4.79 Å². The quantitative estimate of drug-likeness (QED) is 0.744. The molecule has 6 nitrogen and oxygen atoms in total. The van der Waals surface area contributed by atoms with E-state index in [1.165, 1.54) is 11.3 Å². The smallest absolute Gasteiger partial charge is 0.230 e. The summed E-state index contributed by atoms with van der Waals surface area (Å²) >= 11 is 1.42. The lowest BCUT2D eigenvalue weighted by atomic mass is 10.1. The Bertz CT molecular complexity index is 827. The Morgan fingerprint density at radius 3 is 2.54 bits per heavy atom. The number of amides is 1. The van der Waals surface area contributed by atoms with Gasteiger partial charge in [0.15, 0.2) is 5.13 Å². The molecule has 24 heavy (non-hydrogen) atoms. The number of rotatable bonds is 5. The summed E-state index contributed by atoms with van der Waals surface area (Å²) in [4.78, 5) is 24.8. The van der Waals surface area contributed by atoms with Gasteiger partial charge < -0.3 is 10.6 Å². The Kier molecular flexibility index (Phi) is 4.81. The van der Waals surface area contributed by atoms with E-state index in [2.05, 4.69) is 25.6 Å². The molecule has 2 N–H and O–H groups in total. The van der Waals surface area contributed by atoms with Gasteiger partial charge in [-0.15, -0.1) is 11.3 Å². The number of nitrogens with zero attached hydrogens (tertiary/aromatic N) is 3. The van der Waals surface area contributed by atoms with Crippen molar-refractivity contribution in [3.05, 3.63) is 58.9 Å². The average molecular weight is 339 g/mol. The summed E-state index contributed by atoms with van der Waals surface area (Å²) in [5, 5.41) is 8.51. The molecule has 0 bridgehead atoms. The third kappa shape index (κ3) is 3.94. The van der Waals surface area contributed by atoms with Gasteiger partial charge in [0.1, 0.15) is 0 Å². The molecule has 0 radical (unpaired) electrons. The molecule has 7 heteroatoms. The van der Waals surface area contributed by atoms with Crippen LogP contribution in [0, 0.1) is 13.8 Å². The molecular formula is C17H17N5OS. The van der Waals surface area contributed by atoms with Crippen LogP contribution in [-0.4, -0.2) is 20.9 Å². The van der Waals surface area contributed by atoms with E-state index in [4.69, 9.17) is 0 Å². The second-order valence-corrected chi connectivity index (χ2v) is 6.19. The molecule has 122 valence electrons. The Balaban J connectivity index is 1.63. The third-order valence-electron chi connectivity index (χ3n) is 3.42. The Hall–Kier alpha value is -2.80. The van der Waals surface area contributed by atoms with Gasteiger partial charge in [-0.1, -0.05) is 18.2 Å². The molecule has 1 aromatic carbocycles. The van der Waals surface area contributed by atoms with Crippen molar-refractivity contribution in [1.82, 2.24) is 15.0 Å². The van der Waals surface area contributed by atoms with Gasteiger partial charge >= 0.3 is 0 Å². The maximum absolute atomic E-state index is 12.3. The minimum absolute atomic E-state index is 0.0831. The second kappa shape index (κ2) is 7.18. The topological polar surface area (TPSA) is 79.8 Å². The lowest BCUT2D eigenvalue weighted by Crippen LogP contribution is -2.16. The van der Waals surface area contributed by atoms with Crippen molar-refractivity contribution in [1.29, 1.82) is 0 Å². The summed E-state index contributed by atoms with van der Waals surface area (Å²) in [6.45, 7) is 3.96. The SMILES string of the molecule is Cc1cccc(C)c1NC(=O)Cc1csc(Nc2ncccn2)n1. The largest absolute Gasteiger partial charge is 0.325 e. The second-order valence-electron chi connectivity index (χ2n) is 5.33. The minimum Gasteiger partial charge on any atom is -0.325 e. The molecule has 0 fully saturated rings. The molecular weight excluding hydrogens is 322 g/mol. The van der Waals surface area contributed by atoms with E-state index in [9.17, 15) is 4.79 Å². The van der Waals surface area contributed by atoms with Crippen molar-refractivity contribution >= 4 is 34.0 Å². The van der Waals surface area contributed by atoms with Crippen molar-refractivity contribution in [3.8, 4) is 0 Å². The molecule has 3 rings (SSSR count). The summed E-state index contributed by atoms with van der Waals surface area (Å²) in [5.74, 6) is 0.401. The van der Waals surface area contributed by atoms with Crippen LogP contribution in [0.25, 0.3) is 0 Å². The fraction of sp³-hybridized carbons (Fsp3) is 0.176. The molecule has 3 aromatic rings. The zero-order valence-electron chi connectivity index (χ0n) is 13.4. The van der Waals surface area contributed by atoms with Crippen LogP contribution in [0.4, 0.5) is 16.8 Å². The average Bonchev–Trinajstić information content (AvgIpc) is 2.99. The lowest BCUT2D eigenvalue weighted by Gasteiger charge is -2.10. The van der Waals surface area contributed by atoms with Crippen LogP contribution in [-0.2, 0) is 11.2 Å². The van der Waals surface area contributed by atoms with Gasteiger partial charge in [-0.05, 0) is 31.0 Å². The maximum atomic E-state index is 12.3. The predicted octanol–water partition coefficient (Wildman–Crippen LogP) is 3.47. The number of aromatic nitrogens is 3. The molecule has 0 aliphatic heterocycles. The zero-order valence-corrected chi connectivity index (χ0v) is 14.2. The number of hydrogen-bond donors (Lipinski definition) is 2. The molecule has 0 aliphatic rings. The third-order valence-corrected chi connectivity index (χ3v) is 4.23. The van der Waals surface area contributed by atoms with Crippen LogP contribution in [0.3, 0.4) is 0 Å². The highest BCUT2D eigenvalue weighted by Gasteiger charge is 2.11. The van der Waals surface area contributed by atoms with E-state index in [0.29, 0.717) is 16.8 Å². The van der Waals surface area contributed by atoms with Gasteiger partial charge in [0.05, 0.1) is 12.1 Å². The number of anilines is 3. The first-order valence-electron chi connectivity index (χ1n) is 7.46. The number of para-hydroxylation sites is 1. The predicted molar refractivity (Wildman–Crippen MR) is 95.7 cm³/mol. The van der Waals surface area contributed by atoms with E-state index >= 15 is 0 Å². The number of aryl methyl sites for hydroxylation is 2. The number of hydrogen-bond acceptors (Lipinski definition) is 6. The van der Waals surface area contributed by atoms with Crippen LogP contribution >= 0.6 is 11.3 Å². The van der Waals surface area contributed by atoms with E-state index < -0.39 is 0 Å². The van der Waals surface area contributed by atoms with Crippen molar-refractivity contribution in [2.24, 2.45) is 0 Å². The van der Waals surface area contributed by atoms with Crippen molar-refractivity contribution in [2.45, 2.75) is 20.3 Å². The van der Waals surface area contributed by atoms with Gasteiger partial charge in [-0.25, -0.2) is 15.0 Å². The molecule has 0 saturated carbocycles. The summed E-state index contributed by atoms with van der Waals surface area (Å²) in [7, 11) is 0. The number of benzene rings is 1. The van der Waals surface area contributed by atoms with Crippen molar-refractivity contribution in [3.63, 3.8) is 0 Å². The van der Waals surface area contributed by atoms with Crippen LogP contribution in [0.15, 0.2) is 42.0 Å². The van der Waals surface area contributed by atoms with Gasteiger partial charge in [-0.2, -0.15) is 0 Å². The maximum Gasteiger partial charge on any atom is 0.230 e. The molecule has 0 unspecified atom stereocenters. The van der Waals surface area contributed by atoms with Gasteiger partial charge in [0.25, 0.3) is 0 Å². The normalized spacial score (nSPS) is 10.4. The Labute approximate surface area is 144 Å². The summed E-state index contributed by atoms with van der Waals surface area (Å²) < 4.78 is 0. The number of nitrogens with one attached hydrogen (secondary N) is 2. The van der Waals surface area contributed by atoms with Crippen LogP contribution in [0.2, 0.25) is 0 Å². The van der Waals surface area contributed by atoms with Gasteiger partial charge in [0, 0.05) is 23.5 Å². The summed E-state index contributed by atoms with van der Waals surface area (Å²) in [5.41, 5.74) is 3.67. The highest BCUT2D eigenvalue weighted by atomic mass is 32.1. The highest BCUT2D eigenvalue weighted by Crippen LogP contribution is 2.21. The first kappa shape index (κ1) is 16.1. The first-order chi connectivity index (χ1) is 11.6. The molecule has 0 spiro atoms. The number of thiazole rings is 1. The fourth-order valence-corrected chi connectivity index (χ4v) is 2.97. The zero-order chi connectivity index (χ0) is 16.9. The Morgan fingerprint density at radius 2 is 1.83 bits per heavy atom. The standard InChI is InChI=1S/C17H17N5OS/c1-11-5-3-6-12(2)15(11)21-14(23)9-13-10-24-17(20-13)22-16-18-7-4-8-19-16/h3-8,10H,9H2,1-2H3,(H,21,23)(H,18,19,20,22). The summed E-state index contributed by atoms with van der Waals surface area (Å²) in [6, 6.07) is 7.68. The molecule has 0 atom stereocenters. The van der Waals surface area contributed by atoms with E-state index in [1.807, 2.05) is 37.4 Å². The van der Waals surface area contributed by atoms with E-state index in [0.717, 1.165) is 16.8 Å². The van der Waals surface area contributed by atoms with E-state index in [-0.39, 0.29) is 12.3 Å². The molecule has 0 aliphatic carbocycles. The van der Waals surface area contributed by atoms with Gasteiger partial charge in [0.2, 0.25) is 11.9 Å². The fourth-order valence-electron chi connectivity index (χ4n) is 2.26. The monoisotopic (exact) mass is 339 g/mol.